The largest absolute Gasteiger partial charge is 0.497 e. The first kappa shape index (κ1) is 18.1. The van der Waals surface area contributed by atoms with Gasteiger partial charge in [-0.2, -0.15) is 5.10 Å². The predicted octanol–water partition coefficient (Wildman–Crippen LogP) is 4.76. The van der Waals surface area contributed by atoms with Crippen LogP contribution < -0.4 is 15.8 Å². The van der Waals surface area contributed by atoms with Crippen molar-refractivity contribution in [3.05, 3.63) is 40.9 Å². The molecule has 136 valence electrons. The van der Waals surface area contributed by atoms with Crippen LogP contribution in [0.2, 0.25) is 0 Å². The van der Waals surface area contributed by atoms with Gasteiger partial charge >= 0.3 is 5.63 Å². The lowest BCUT2D eigenvalue weighted by molar-refractivity contribution is 0.415. The van der Waals surface area contributed by atoms with Crippen molar-refractivity contribution in [3.8, 4) is 16.2 Å². The molecule has 0 spiro atoms. The summed E-state index contributed by atoms with van der Waals surface area (Å²) < 4.78 is 10.6. The molecule has 2 aromatic heterocycles. The Kier molecular flexibility index (Phi) is 5.37. The maximum absolute atomic E-state index is 12.3. The summed E-state index contributed by atoms with van der Waals surface area (Å²) in [7, 11) is 1.60. The van der Waals surface area contributed by atoms with Gasteiger partial charge in [0.25, 0.3) is 0 Å². The average Bonchev–Trinajstić information content (AvgIpc) is 3.07. The van der Waals surface area contributed by atoms with Crippen molar-refractivity contribution in [1.82, 2.24) is 4.98 Å². The number of fused-ring (bicyclic) bond motifs is 1. The molecule has 1 N–H and O–H groups in total. The zero-order chi connectivity index (χ0) is 18.7. The van der Waals surface area contributed by atoms with Crippen LogP contribution in [0.1, 0.15) is 27.2 Å². The first-order valence-corrected chi connectivity index (χ1v) is 9.15. The van der Waals surface area contributed by atoms with Crippen molar-refractivity contribution in [2.24, 2.45) is 11.0 Å². The number of methoxy groups -OCH3 is 1. The van der Waals surface area contributed by atoms with Gasteiger partial charge in [0.05, 0.1) is 17.6 Å². The van der Waals surface area contributed by atoms with Crippen molar-refractivity contribution in [2.45, 2.75) is 27.2 Å². The number of nitrogens with one attached hydrogen (secondary N) is 1. The summed E-state index contributed by atoms with van der Waals surface area (Å²) in [5.74, 6) is 1.26. The van der Waals surface area contributed by atoms with Crippen molar-refractivity contribution < 1.29 is 9.15 Å². The summed E-state index contributed by atoms with van der Waals surface area (Å²) >= 11 is 1.36. The lowest BCUT2D eigenvalue weighted by Gasteiger charge is -2.03. The first-order chi connectivity index (χ1) is 12.5. The maximum Gasteiger partial charge on any atom is 0.345 e. The summed E-state index contributed by atoms with van der Waals surface area (Å²) in [6.07, 6.45) is 2.57. The number of hydrogen-bond acceptors (Lipinski definition) is 7. The third-order valence-electron chi connectivity index (χ3n) is 3.76. The van der Waals surface area contributed by atoms with E-state index in [0.29, 0.717) is 27.9 Å². The lowest BCUT2D eigenvalue weighted by atomic mass is 10.1. The van der Waals surface area contributed by atoms with E-state index in [1.54, 1.807) is 31.5 Å². The molecule has 0 radical (unpaired) electrons. The number of thiazole rings is 1. The lowest BCUT2D eigenvalue weighted by Crippen LogP contribution is -2.01. The summed E-state index contributed by atoms with van der Waals surface area (Å²) in [4.78, 5) is 17.3. The van der Waals surface area contributed by atoms with Gasteiger partial charge in [-0.05, 0) is 43.5 Å². The van der Waals surface area contributed by atoms with E-state index in [9.17, 15) is 4.79 Å². The van der Waals surface area contributed by atoms with Crippen LogP contribution in [-0.4, -0.2) is 17.8 Å². The molecule has 0 aliphatic rings. The Hall–Kier alpha value is -2.67. The van der Waals surface area contributed by atoms with Gasteiger partial charge in [0.2, 0.25) is 5.13 Å². The number of ether oxygens (including phenoxy) is 1. The molecule has 0 bridgehead atoms. The molecule has 0 atom stereocenters. The van der Waals surface area contributed by atoms with Crippen molar-refractivity contribution in [2.75, 3.05) is 12.5 Å². The topological polar surface area (TPSA) is 76.7 Å². The minimum absolute atomic E-state index is 0.391. The highest BCUT2D eigenvalue weighted by atomic mass is 32.1. The van der Waals surface area contributed by atoms with Crippen molar-refractivity contribution >= 4 is 33.1 Å². The standard InChI is InChI=1S/C19H21N3O3S/c1-11(2)7-12(3)21-22-19-20-10-17(26-19)15-9-13-8-14(24-4)5-6-16(13)25-18(15)23/h5-6,8-11H,7H2,1-4H3,(H,20,22). The Labute approximate surface area is 155 Å². The van der Waals surface area contributed by atoms with Gasteiger partial charge in [-0.15, -0.1) is 0 Å². The molecule has 26 heavy (non-hydrogen) atoms. The second kappa shape index (κ2) is 7.70. The summed E-state index contributed by atoms with van der Waals surface area (Å²) in [6.45, 7) is 6.27. The van der Waals surface area contributed by atoms with Gasteiger partial charge < -0.3 is 9.15 Å². The van der Waals surface area contributed by atoms with Crippen LogP contribution in [0.4, 0.5) is 5.13 Å². The van der Waals surface area contributed by atoms with Gasteiger partial charge in [0.15, 0.2) is 0 Å². The fourth-order valence-corrected chi connectivity index (χ4v) is 3.39. The quantitative estimate of drug-likeness (QED) is 0.384. The Morgan fingerprint density at radius 2 is 2.19 bits per heavy atom. The van der Waals surface area contributed by atoms with Crippen LogP contribution >= 0.6 is 11.3 Å². The zero-order valence-corrected chi connectivity index (χ0v) is 16.0. The zero-order valence-electron chi connectivity index (χ0n) is 15.2. The first-order valence-electron chi connectivity index (χ1n) is 8.33. The molecular weight excluding hydrogens is 350 g/mol. The molecule has 0 fully saturated rings. The third-order valence-corrected chi connectivity index (χ3v) is 4.69. The molecule has 2 heterocycles. The molecule has 0 aliphatic heterocycles. The van der Waals surface area contributed by atoms with E-state index >= 15 is 0 Å². The van der Waals surface area contributed by atoms with E-state index in [1.807, 2.05) is 13.0 Å². The van der Waals surface area contributed by atoms with Crippen LogP contribution in [0, 0.1) is 5.92 Å². The molecule has 3 aromatic rings. The fraction of sp³-hybridized carbons (Fsp3) is 0.316. The Morgan fingerprint density at radius 3 is 2.92 bits per heavy atom. The van der Waals surface area contributed by atoms with E-state index < -0.39 is 5.63 Å². The third kappa shape index (κ3) is 4.11. The molecule has 0 amide bonds. The SMILES string of the molecule is COc1ccc2oc(=O)c(-c3cnc(NN=C(C)CC(C)C)s3)cc2c1. The molecule has 6 nitrogen and oxygen atoms in total. The van der Waals surface area contributed by atoms with Gasteiger partial charge in [0.1, 0.15) is 11.3 Å². The number of benzene rings is 1. The molecule has 3 rings (SSSR count). The van der Waals surface area contributed by atoms with E-state index in [4.69, 9.17) is 9.15 Å². The number of hydrogen-bond donors (Lipinski definition) is 1. The van der Waals surface area contributed by atoms with E-state index in [2.05, 4.69) is 29.4 Å². The predicted molar refractivity (Wildman–Crippen MR) is 106 cm³/mol. The smallest absolute Gasteiger partial charge is 0.345 e. The van der Waals surface area contributed by atoms with Crippen LogP contribution in [-0.2, 0) is 0 Å². The normalized spacial score (nSPS) is 12.0. The Bertz CT molecular complexity index is 1000. The number of aromatic nitrogens is 1. The van der Waals surface area contributed by atoms with Gasteiger partial charge in [-0.1, -0.05) is 25.2 Å². The second-order valence-electron chi connectivity index (χ2n) is 6.44. The number of rotatable bonds is 6. The Balaban J connectivity index is 1.88. The van der Waals surface area contributed by atoms with Crippen LogP contribution in [0.5, 0.6) is 5.75 Å². The fourth-order valence-electron chi connectivity index (χ4n) is 2.63. The molecular formula is C19H21N3O3S. The maximum atomic E-state index is 12.3. The highest BCUT2D eigenvalue weighted by molar-refractivity contribution is 7.18. The monoisotopic (exact) mass is 371 g/mol. The van der Waals surface area contributed by atoms with Crippen LogP contribution in [0.3, 0.4) is 0 Å². The highest BCUT2D eigenvalue weighted by Crippen LogP contribution is 2.30. The number of anilines is 1. The van der Waals surface area contributed by atoms with Crippen LogP contribution in [0.25, 0.3) is 21.4 Å². The Morgan fingerprint density at radius 1 is 1.38 bits per heavy atom. The molecule has 0 unspecified atom stereocenters. The molecule has 7 heteroatoms. The van der Waals surface area contributed by atoms with Gasteiger partial charge in [0, 0.05) is 17.3 Å². The molecule has 0 saturated heterocycles. The highest BCUT2D eigenvalue weighted by Gasteiger charge is 2.12. The molecule has 0 saturated carbocycles. The minimum atomic E-state index is -0.391. The number of hydrazone groups is 1. The molecule has 0 aliphatic carbocycles. The minimum Gasteiger partial charge on any atom is -0.497 e. The van der Waals surface area contributed by atoms with E-state index in [0.717, 1.165) is 22.4 Å². The summed E-state index contributed by atoms with van der Waals surface area (Å²) in [5, 5.41) is 5.76. The van der Waals surface area contributed by atoms with Crippen molar-refractivity contribution in [3.63, 3.8) is 0 Å². The van der Waals surface area contributed by atoms with Gasteiger partial charge in [-0.3, -0.25) is 5.43 Å². The average molecular weight is 371 g/mol. The molecule has 1 aromatic carbocycles. The summed E-state index contributed by atoms with van der Waals surface area (Å²) in [6, 6.07) is 7.12. The number of nitrogens with zero attached hydrogens (tertiary/aromatic N) is 2. The van der Waals surface area contributed by atoms with E-state index in [-0.39, 0.29) is 0 Å². The summed E-state index contributed by atoms with van der Waals surface area (Å²) in [5.41, 5.74) is 4.57. The van der Waals surface area contributed by atoms with Crippen LogP contribution in [0.15, 0.2) is 44.8 Å². The van der Waals surface area contributed by atoms with E-state index in [1.165, 1.54) is 11.3 Å². The second-order valence-corrected chi connectivity index (χ2v) is 7.47. The van der Waals surface area contributed by atoms with Gasteiger partial charge in [-0.25, -0.2) is 9.78 Å². The van der Waals surface area contributed by atoms with Crippen molar-refractivity contribution in [1.29, 1.82) is 0 Å².